The second kappa shape index (κ2) is 20.8. The molecule has 4 aromatic carbocycles. The molecule has 0 saturated heterocycles. The van der Waals surface area contributed by atoms with Crippen molar-refractivity contribution in [3.63, 3.8) is 0 Å². The average Bonchev–Trinajstić information content (AvgIpc) is 3.19. The van der Waals surface area contributed by atoms with Crippen molar-refractivity contribution in [2.45, 2.75) is 31.8 Å². The minimum Gasteiger partial charge on any atom is -0.484 e. The molecule has 4 aromatic rings. The van der Waals surface area contributed by atoms with Crippen molar-refractivity contribution >= 4 is 57.3 Å². The van der Waals surface area contributed by atoms with Crippen molar-refractivity contribution in [3.8, 4) is 23.6 Å². The van der Waals surface area contributed by atoms with Crippen molar-refractivity contribution in [1.29, 1.82) is 10.5 Å². The lowest BCUT2D eigenvalue weighted by atomic mass is 10.1. The number of ether oxygens (including phenoxy) is 2. The Labute approximate surface area is 315 Å². The minimum atomic E-state index is -0.962. The van der Waals surface area contributed by atoms with Gasteiger partial charge in [0.2, 0.25) is 11.0 Å². The van der Waals surface area contributed by atoms with Gasteiger partial charge in [-0.2, -0.15) is 31.0 Å². The summed E-state index contributed by atoms with van der Waals surface area (Å²) in [5, 5.41) is 39.1. The maximum Gasteiger partial charge on any atom is 0.258 e. The van der Waals surface area contributed by atoms with Gasteiger partial charge in [-0.05, 0) is 117 Å². The van der Waals surface area contributed by atoms with Crippen LogP contribution in [0.25, 0.3) is 0 Å². The van der Waals surface area contributed by atoms with Gasteiger partial charge in [0.25, 0.3) is 11.8 Å². The second-order valence-electron chi connectivity index (χ2n) is 11.4. The Hall–Kier alpha value is -6.91. The van der Waals surface area contributed by atoms with Gasteiger partial charge in [0, 0.05) is 5.75 Å². The summed E-state index contributed by atoms with van der Waals surface area (Å²) in [5.74, 6) is -0.605. The number of carbonyl (C=O) groups excluding carboxylic acids is 4. The van der Waals surface area contributed by atoms with Crippen LogP contribution in [-0.4, -0.2) is 53.9 Å². The third-order valence-electron chi connectivity index (χ3n) is 7.26. The third kappa shape index (κ3) is 13.7. The smallest absolute Gasteiger partial charge is 0.258 e. The lowest BCUT2D eigenvalue weighted by Crippen LogP contribution is -2.46. The van der Waals surface area contributed by atoms with Crippen LogP contribution in [0, 0.1) is 22.7 Å². The van der Waals surface area contributed by atoms with Crippen LogP contribution in [0.4, 0.5) is 22.7 Å². The van der Waals surface area contributed by atoms with Crippen LogP contribution in [-0.2, 0) is 19.2 Å². The van der Waals surface area contributed by atoms with Gasteiger partial charge >= 0.3 is 0 Å². The van der Waals surface area contributed by atoms with E-state index in [1.54, 1.807) is 104 Å². The van der Waals surface area contributed by atoms with E-state index in [1.807, 2.05) is 12.1 Å². The van der Waals surface area contributed by atoms with Gasteiger partial charge in [-0.15, -0.1) is 0 Å². The summed E-state index contributed by atoms with van der Waals surface area (Å²) in [5.41, 5.74) is 8.83. The maximum absolute atomic E-state index is 12.6. The topological polar surface area (TPSA) is 234 Å². The Morgan fingerprint density at radius 2 is 1.06 bits per heavy atom. The number of nitrogens with zero attached hydrogens (tertiary/aromatic N) is 6. The minimum absolute atomic E-state index is 0.199. The molecule has 0 aliphatic rings. The number of nitriles is 2. The highest BCUT2D eigenvalue weighted by molar-refractivity contribution is 8.13. The van der Waals surface area contributed by atoms with Crippen LogP contribution >= 0.6 is 11.8 Å². The molecular formula is C38H35N9O6S. The Morgan fingerprint density at radius 1 is 0.667 bits per heavy atom. The summed E-state index contributed by atoms with van der Waals surface area (Å²) >= 11 is 0.989. The number of hydrogen-bond donors (Lipinski definition) is 3. The van der Waals surface area contributed by atoms with Gasteiger partial charge in [0.05, 0.1) is 52.1 Å². The Bertz CT molecular complexity index is 2040. The molecule has 15 nitrogen and oxygen atoms in total. The number of thioether (sulfide) groups is 1. The van der Waals surface area contributed by atoms with E-state index in [4.69, 9.17) is 25.7 Å². The Morgan fingerprint density at radius 3 is 1.44 bits per heavy atom. The van der Waals surface area contributed by atoms with Gasteiger partial charge < -0.3 is 25.8 Å². The molecule has 0 aromatic heterocycles. The van der Waals surface area contributed by atoms with Gasteiger partial charge in [-0.25, -0.2) is 0 Å². The number of nitrogens with one attached hydrogen (secondary N) is 2. The molecule has 54 heavy (non-hydrogen) atoms. The zero-order chi connectivity index (χ0) is 38.7. The Balaban J connectivity index is 1.10. The summed E-state index contributed by atoms with van der Waals surface area (Å²) < 4.78 is 11.0. The van der Waals surface area contributed by atoms with Crippen LogP contribution in [0.2, 0.25) is 0 Å². The zero-order valence-electron chi connectivity index (χ0n) is 29.0. The average molecular weight is 746 g/mol. The van der Waals surface area contributed by atoms with E-state index in [9.17, 15) is 19.2 Å². The van der Waals surface area contributed by atoms with Crippen molar-refractivity contribution in [3.05, 3.63) is 108 Å². The first-order chi connectivity index (χ1) is 26.1. The number of amides is 3. The SMILES string of the molecule is C[C@H](NC(=O)COc1ccc(N=Nc2ccc(C#N)cc2)cc1)C(=O)SCCC[C@H](NC(=O)COc1ccc(N=Nc2ccc(C#N)cc2)cc1)C(N)=O. The Kier molecular flexibility index (Phi) is 15.4. The summed E-state index contributed by atoms with van der Waals surface area (Å²) in [6.45, 7) is 0.890. The van der Waals surface area contributed by atoms with Crippen LogP contribution in [0.5, 0.6) is 11.5 Å². The fourth-order valence-electron chi connectivity index (χ4n) is 4.40. The number of primary amides is 1. The van der Waals surface area contributed by atoms with Crippen LogP contribution in [0.15, 0.2) is 118 Å². The first-order valence-electron chi connectivity index (χ1n) is 16.5. The normalized spacial score (nSPS) is 11.9. The molecule has 0 aliphatic heterocycles. The molecule has 0 aliphatic carbocycles. The number of benzene rings is 4. The molecule has 274 valence electrons. The van der Waals surface area contributed by atoms with E-state index in [0.717, 1.165) is 11.8 Å². The highest BCUT2D eigenvalue weighted by Crippen LogP contribution is 2.23. The molecule has 0 unspecified atom stereocenters. The number of hydrogen-bond acceptors (Lipinski definition) is 13. The molecule has 4 rings (SSSR count). The quantitative estimate of drug-likeness (QED) is 0.0772. The summed E-state index contributed by atoms with van der Waals surface area (Å²) in [7, 11) is 0. The highest BCUT2D eigenvalue weighted by atomic mass is 32.2. The van der Waals surface area contributed by atoms with Crippen LogP contribution in [0.3, 0.4) is 0 Å². The first kappa shape index (κ1) is 39.9. The fraction of sp³-hybridized carbons (Fsp3) is 0.211. The summed E-state index contributed by atoms with van der Waals surface area (Å²) in [4.78, 5) is 49.4. The van der Waals surface area contributed by atoms with Crippen molar-refractivity contribution in [2.24, 2.45) is 26.2 Å². The number of nitrogens with two attached hydrogens (primary N) is 1. The molecule has 0 radical (unpaired) electrons. The third-order valence-corrected chi connectivity index (χ3v) is 8.39. The van der Waals surface area contributed by atoms with E-state index in [2.05, 4.69) is 31.1 Å². The second-order valence-corrected chi connectivity index (χ2v) is 12.5. The molecule has 0 spiro atoms. The first-order valence-corrected chi connectivity index (χ1v) is 17.4. The maximum atomic E-state index is 12.6. The molecule has 2 atom stereocenters. The highest BCUT2D eigenvalue weighted by Gasteiger charge is 2.20. The molecule has 4 N–H and O–H groups in total. The lowest BCUT2D eigenvalue weighted by molar-refractivity contribution is -0.128. The number of azo groups is 2. The lowest BCUT2D eigenvalue weighted by Gasteiger charge is -2.16. The predicted molar refractivity (Wildman–Crippen MR) is 200 cm³/mol. The van der Waals surface area contributed by atoms with Crippen LogP contribution < -0.4 is 25.8 Å². The summed E-state index contributed by atoms with van der Waals surface area (Å²) in [6.07, 6.45) is 0.584. The molecule has 3 amide bonds. The molecule has 0 heterocycles. The van der Waals surface area contributed by atoms with Crippen molar-refractivity contribution in [1.82, 2.24) is 10.6 Å². The van der Waals surface area contributed by atoms with Crippen molar-refractivity contribution in [2.75, 3.05) is 19.0 Å². The van der Waals surface area contributed by atoms with Gasteiger partial charge in [-0.3, -0.25) is 19.2 Å². The largest absolute Gasteiger partial charge is 0.484 e. The fourth-order valence-corrected chi connectivity index (χ4v) is 5.22. The van der Waals surface area contributed by atoms with Crippen molar-refractivity contribution < 1.29 is 28.7 Å². The summed E-state index contributed by atoms with van der Waals surface area (Å²) in [6, 6.07) is 28.8. The van der Waals surface area contributed by atoms with E-state index >= 15 is 0 Å². The molecule has 16 heteroatoms. The predicted octanol–water partition coefficient (Wildman–Crippen LogP) is 6.23. The van der Waals surface area contributed by atoms with E-state index in [-0.39, 0.29) is 24.7 Å². The number of carbonyl (C=O) groups is 4. The molecule has 0 bridgehead atoms. The van der Waals surface area contributed by atoms with E-state index in [1.165, 1.54) is 0 Å². The monoisotopic (exact) mass is 745 g/mol. The standard InChI is InChI=1S/C38H35N9O6S/c1-25(42-35(48)23-52-32-16-12-30(13-17-32)46-44-28-8-4-26(21-39)5-9-28)38(51)54-20-2-3-34(37(41)50)43-36(49)24-53-33-18-14-31(15-19-33)47-45-29-10-6-27(22-40)7-11-29/h4-19,25,34H,2-3,20,23-24H2,1H3,(H2,41,50)(H,42,48)(H,43,49)/t25-,34-/m0/s1. The van der Waals surface area contributed by atoms with Gasteiger partial charge in [0.1, 0.15) is 17.5 Å². The molecular weight excluding hydrogens is 711 g/mol. The van der Waals surface area contributed by atoms with Gasteiger partial charge in [-0.1, -0.05) is 11.8 Å². The molecule has 0 fully saturated rings. The van der Waals surface area contributed by atoms with Gasteiger partial charge in [0.15, 0.2) is 13.2 Å². The molecule has 0 saturated carbocycles. The zero-order valence-corrected chi connectivity index (χ0v) is 29.9. The van der Waals surface area contributed by atoms with Crippen LogP contribution in [0.1, 0.15) is 30.9 Å². The van der Waals surface area contributed by atoms with E-state index in [0.29, 0.717) is 57.5 Å². The van der Waals surface area contributed by atoms with E-state index < -0.39 is 29.8 Å². The number of rotatable bonds is 18.